The number of ether oxygens (including phenoxy) is 4. The first kappa shape index (κ1) is 34.4. The number of hydrogen-bond donors (Lipinski definition) is 2. The molecule has 242 valence electrons. The molecule has 2 aromatic rings. The number of primary amides is 1. The van der Waals surface area contributed by atoms with Crippen molar-refractivity contribution in [2.24, 2.45) is 23.5 Å². The zero-order valence-corrected chi connectivity index (χ0v) is 27.7. The number of hydrogen-bond acceptors (Lipinski definition) is 7. The fourth-order valence-electron chi connectivity index (χ4n) is 5.93. The Bertz CT molecular complexity index is 1220. The van der Waals surface area contributed by atoms with Crippen LogP contribution < -0.4 is 15.4 Å². The summed E-state index contributed by atoms with van der Waals surface area (Å²) in [6.45, 7) is 9.05. The maximum atomic E-state index is 12.1. The highest BCUT2D eigenvalue weighted by Crippen LogP contribution is 2.44. The van der Waals surface area contributed by atoms with E-state index in [1.807, 2.05) is 12.1 Å². The summed E-state index contributed by atoms with van der Waals surface area (Å²) in [5.74, 6) is 2.69. The van der Waals surface area contributed by atoms with E-state index in [4.69, 9.17) is 24.7 Å². The highest BCUT2D eigenvalue weighted by atomic mass is 32.1. The molecule has 2 aliphatic rings. The number of rotatable bonds is 15. The molecule has 0 bridgehead atoms. The predicted octanol–water partition coefficient (Wildman–Crippen LogP) is 6.05. The monoisotopic (exact) mass is 624 g/mol. The fourth-order valence-corrected chi connectivity index (χ4v) is 6.14. The molecule has 2 aromatic carbocycles. The van der Waals surface area contributed by atoms with Gasteiger partial charge in [-0.2, -0.15) is 12.6 Å². The zero-order valence-electron chi connectivity index (χ0n) is 26.8. The lowest BCUT2D eigenvalue weighted by Gasteiger charge is -2.29. The third-order valence-electron chi connectivity index (χ3n) is 8.80. The Morgan fingerprint density at radius 2 is 1.93 bits per heavy atom. The van der Waals surface area contributed by atoms with Gasteiger partial charge in [0.1, 0.15) is 5.75 Å². The van der Waals surface area contributed by atoms with E-state index in [-0.39, 0.29) is 6.10 Å². The number of amides is 1. The molecule has 1 saturated carbocycles. The van der Waals surface area contributed by atoms with Gasteiger partial charge in [0.2, 0.25) is 5.91 Å². The molecule has 4 atom stereocenters. The number of thiol groups is 1. The molecule has 7 nitrogen and oxygen atoms in total. The molecular formula is C36H52N2O5S. The number of aryl methyl sites for hydroxylation is 2. The van der Waals surface area contributed by atoms with Crippen LogP contribution in [0.2, 0.25) is 0 Å². The minimum absolute atomic E-state index is 0.0192. The summed E-state index contributed by atoms with van der Waals surface area (Å²) in [7, 11) is 1.67. The predicted molar refractivity (Wildman–Crippen MR) is 181 cm³/mol. The van der Waals surface area contributed by atoms with Crippen LogP contribution in [0.15, 0.2) is 48.6 Å². The number of carbonyl (C=O) groups is 1. The number of allylic oxidation sites excluding steroid dienone is 1. The van der Waals surface area contributed by atoms with Crippen LogP contribution in [0.3, 0.4) is 0 Å². The number of nitrogens with two attached hydrogens (primary N) is 1. The molecule has 1 heterocycles. The van der Waals surface area contributed by atoms with Crippen LogP contribution in [0.1, 0.15) is 59.7 Å². The summed E-state index contributed by atoms with van der Waals surface area (Å²) in [5, 5.41) is 0. The summed E-state index contributed by atoms with van der Waals surface area (Å²) in [4.78, 5) is 14.6. The van der Waals surface area contributed by atoms with E-state index in [2.05, 4.69) is 61.7 Å². The topological polar surface area (TPSA) is 83.2 Å². The SMILES string of the molecule is COCCOCCOC(/C=C/C[C@@H]1CC1CN1CCc2ccc(C)cc2CCCCOc2ccc(C(N)=O)cc21)[C@H](C)CS. The van der Waals surface area contributed by atoms with E-state index in [9.17, 15) is 4.79 Å². The van der Waals surface area contributed by atoms with Gasteiger partial charge in [0.05, 0.1) is 44.8 Å². The van der Waals surface area contributed by atoms with E-state index in [0.29, 0.717) is 56.4 Å². The van der Waals surface area contributed by atoms with Gasteiger partial charge < -0.3 is 29.6 Å². The second-order valence-electron chi connectivity index (χ2n) is 12.3. The van der Waals surface area contributed by atoms with Crippen LogP contribution in [-0.2, 0) is 27.1 Å². The van der Waals surface area contributed by atoms with Gasteiger partial charge in [-0.25, -0.2) is 0 Å². The molecule has 1 amide bonds. The second kappa shape index (κ2) is 17.8. The molecule has 8 heteroatoms. The maximum Gasteiger partial charge on any atom is 0.248 e. The Labute approximate surface area is 269 Å². The maximum absolute atomic E-state index is 12.1. The normalized spacial score (nSPS) is 20.1. The van der Waals surface area contributed by atoms with Gasteiger partial charge in [0.25, 0.3) is 0 Å². The minimum Gasteiger partial charge on any atom is -0.491 e. The fraction of sp³-hybridized carbons (Fsp3) is 0.583. The average Bonchev–Trinajstić information content (AvgIpc) is 3.76. The molecule has 1 aliphatic heterocycles. The number of benzene rings is 2. The van der Waals surface area contributed by atoms with Crippen molar-refractivity contribution >= 4 is 24.2 Å². The average molecular weight is 625 g/mol. The van der Waals surface area contributed by atoms with Crippen molar-refractivity contribution in [2.75, 3.05) is 63.9 Å². The molecule has 2 N–H and O–H groups in total. The molecule has 0 saturated heterocycles. The molecular weight excluding hydrogens is 572 g/mol. The first-order chi connectivity index (χ1) is 21.4. The Kier molecular flexibility index (Phi) is 13.9. The molecule has 4 rings (SSSR count). The molecule has 2 unspecified atom stereocenters. The highest BCUT2D eigenvalue weighted by molar-refractivity contribution is 7.80. The van der Waals surface area contributed by atoms with Gasteiger partial charge in [0, 0.05) is 25.8 Å². The van der Waals surface area contributed by atoms with Crippen LogP contribution in [0.25, 0.3) is 0 Å². The van der Waals surface area contributed by atoms with Crippen molar-refractivity contribution < 1.29 is 23.7 Å². The number of anilines is 1. The van der Waals surface area contributed by atoms with Crippen molar-refractivity contribution in [1.82, 2.24) is 0 Å². The lowest BCUT2D eigenvalue weighted by molar-refractivity contribution is -0.00390. The zero-order chi connectivity index (χ0) is 31.3. The largest absolute Gasteiger partial charge is 0.491 e. The van der Waals surface area contributed by atoms with E-state index in [0.717, 1.165) is 62.4 Å². The second-order valence-corrected chi connectivity index (χ2v) is 12.7. The first-order valence-corrected chi connectivity index (χ1v) is 16.9. The third kappa shape index (κ3) is 10.5. The molecule has 0 aromatic heterocycles. The Morgan fingerprint density at radius 1 is 1.09 bits per heavy atom. The Balaban J connectivity index is 1.43. The Hall–Kier alpha value is -2.52. The van der Waals surface area contributed by atoms with Gasteiger partial charge in [0.15, 0.2) is 0 Å². The lowest BCUT2D eigenvalue weighted by Crippen LogP contribution is -2.30. The lowest BCUT2D eigenvalue weighted by atomic mass is 9.97. The molecule has 0 radical (unpaired) electrons. The molecule has 1 fully saturated rings. The first-order valence-electron chi connectivity index (χ1n) is 16.2. The van der Waals surface area contributed by atoms with Crippen molar-refractivity contribution in [3.63, 3.8) is 0 Å². The van der Waals surface area contributed by atoms with Crippen LogP contribution in [0.5, 0.6) is 5.75 Å². The van der Waals surface area contributed by atoms with Crippen LogP contribution >= 0.6 is 12.6 Å². The molecule has 44 heavy (non-hydrogen) atoms. The smallest absolute Gasteiger partial charge is 0.248 e. The number of fused-ring (bicyclic) bond motifs is 2. The summed E-state index contributed by atoms with van der Waals surface area (Å²) in [6, 6.07) is 12.5. The third-order valence-corrected chi connectivity index (χ3v) is 9.38. The quantitative estimate of drug-likeness (QED) is 0.143. The van der Waals surface area contributed by atoms with Crippen LogP contribution in [-0.4, -0.2) is 71.0 Å². The van der Waals surface area contributed by atoms with Crippen molar-refractivity contribution in [1.29, 1.82) is 0 Å². The van der Waals surface area contributed by atoms with Gasteiger partial charge in [-0.15, -0.1) is 0 Å². The van der Waals surface area contributed by atoms with Crippen molar-refractivity contribution in [3.05, 3.63) is 70.8 Å². The number of nitrogens with zero attached hydrogens (tertiary/aromatic N) is 1. The summed E-state index contributed by atoms with van der Waals surface area (Å²) >= 11 is 4.51. The van der Waals surface area contributed by atoms with E-state index in [1.54, 1.807) is 13.2 Å². The van der Waals surface area contributed by atoms with E-state index < -0.39 is 5.91 Å². The van der Waals surface area contributed by atoms with Crippen LogP contribution in [0.4, 0.5) is 5.69 Å². The highest BCUT2D eigenvalue weighted by Gasteiger charge is 2.37. The summed E-state index contributed by atoms with van der Waals surface area (Å²) in [6.07, 6.45) is 10.8. The van der Waals surface area contributed by atoms with Gasteiger partial charge in [-0.1, -0.05) is 42.8 Å². The van der Waals surface area contributed by atoms with E-state index >= 15 is 0 Å². The van der Waals surface area contributed by atoms with Gasteiger partial charge >= 0.3 is 0 Å². The Morgan fingerprint density at radius 3 is 2.73 bits per heavy atom. The van der Waals surface area contributed by atoms with Crippen molar-refractivity contribution in [2.45, 2.75) is 58.5 Å². The van der Waals surface area contributed by atoms with Gasteiger partial charge in [-0.05, 0) is 98.3 Å². The van der Waals surface area contributed by atoms with Crippen molar-refractivity contribution in [3.8, 4) is 5.75 Å². The number of carbonyl (C=O) groups excluding carboxylic acids is 1. The van der Waals surface area contributed by atoms with E-state index in [1.165, 1.54) is 23.1 Å². The summed E-state index contributed by atoms with van der Waals surface area (Å²) in [5.41, 5.74) is 11.4. The van der Waals surface area contributed by atoms with Crippen LogP contribution in [0, 0.1) is 24.7 Å². The standard InChI is InChI=1S/C36H52N2O5S/c1-26-10-11-28-14-15-38(33-23-31(36(37)39)12-13-35(33)42-16-5-4-7-29(28)21-26)24-32-22-30(32)8-6-9-34(27(2)25-44)43-20-19-41-18-17-40-3/h6,9-13,21,23,27,30,32,34,44H,4-5,7-8,14-20,22,24-25H2,1-3H3,(H2,37,39)/b9-6+/t27-,30-,32?,34?/m1/s1. The molecule has 1 aliphatic carbocycles. The van der Waals surface area contributed by atoms with Gasteiger partial charge in [-0.3, -0.25) is 4.79 Å². The molecule has 0 spiro atoms. The number of methoxy groups -OCH3 is 1. The summed E-state index contributed by atoms with van der Waals surface area (Å²) < 4.78 is 23.0. The minimum atomic E-state index is -0.414.